The van der Waals surface area contributed by atoms with Crippen molar-refractivity contribution in [1.29, 1.82) is 0 Å². The molecule has 112 valence electrons. The summed E-state index contributed by atoms with van der Waals surface area (Å²) in [5, 5.41) is 22.0. The van der Waals surface area contributed by atoms with E-state index in [1.54, 1.807) is 6.92 Å². The molecule has 2 heterocycles. The summed E-state index contributed by atoms with van der Waals surface area (Å²) in [4.78, 5) is 21.1. The fourth-order valence-corrected chi connectivity index (χ4v) is 1.67. The summed E-state index contributed by atoms with van der Waals surface area (Å²) in [6.45, 7) is 2.08. The van der Waals surface area contributed by atoms with Crippen molar-refractivity contribution in [3.63, 3.8) is 0 Å². The first-order valence-corrected chi connectivity index (χ1v) is 6.06. The molecule has 0 unspecified atom stereocenters. The van der Waals surface area contributed by atoms with Crippen LogP contribution in [0.3, 0.4) is 0 Å². The molecule has 0 spiro atoms. The lowest BCUT2D eigenvalue weighted by atomic mass is 10.4. The Morgan fingerprint density at radius 2 is 2.19 bits per heavy atom. The molecular formula is C11H13N5O5. The van der Waals surface area contributed by atoms with Gasteiger partial charge in [0.25, 0.3) is 0 Å². The lowest BCUT2D eigenvalue weighted by Crippen LogP contribution is -2.06. The molecule has 0 amide bonds. The average molecular weight is 295 g/mol. The maximum atomic E-state index is 11.1. The molecule has 10 nitrogen and oxygen atoms in total. The summed E-state index contributed by atoms with van der Waals surface area (Å²) < 4.78 is 11.3. The van der Waals surface area contributed by atoms with Crippen LogP contribution >= 0.6 is 0 Å². The molecule has 2 aromatic rings. The SMILES string of the molecule is COC(=O)Cc1nnc(CCn2nc([N+](=O)[O-])cc2C)o1. The van der Waals surface area contributed by atoms with E-state index >= 15 is 0 Å². The lowest BCUT2D eigenvalue weighted by molar-refractivity contribution is -0.389. The second-order valence-corrected chi connectivity index (χ2v) is 4.22. The van der Waals surface area contributed by atoms with Gasteiger partial charge in [-0.3, -0.25) is 4.79 Å². The smallest absolute Gasteiger partial charge is 0.390 e. The molecule has 10 heteroatoms. The standard InChI is InChI=1S/C11H13N5O5/c1-7-5-8(16(18)19)14-15(7)4-3-9-12-13-10(21-9)6-11(17)20-2/h5H,3-4,6H2,1-2H3. The minimum Gasteiger partial charge on any atom is -0.469 e. The fraction of sp³-hybridized carbons (Fsp3) is 0.455. The summed E-state index contributed by atoms with van der Waals surface area (Å²) >= 11 is 0. The number of nitrogens with zero attached hydrogens (tertiary/aromatic N) is 5. The van der Waals surface area contributed by atoms with Gasteiger partial charge >= 0.3 is 11.8 Å². The van der Waals surface area contributed by atoms with Crippen LogP contribution in [-0.2, 0) is 28.9 Å². The third-order valence-corrected chi connectivity index (χ3v) is 2.72. The molecule has 0 saturated carbocycles. The van der Waals surface area contributed by atoms with Crippen LogP contribution in [0, 0.1) is 17.0 Å². The molecule has 0 aliphatic carbocycles. The van der Waals surface area contributed by atoms with Crippen molar-refractivity contribution >= 4 is 11.8 Å². The Kier molecular flexibility index (Phi) is 4.26. The number of aryl methyl sites for hydroxylation is 3. The van der Waals surface area contributed by atoms with E-state index in [1.807, 2.05) is 0 Å². The number of rotatable bonds is 6. The molecule has 0 saturated heterocycles. The van der Waals surface area contributed by atoms with Crippen molar-refractivity contribution in [1.82, 2.24) is 20.0 Å². The van der Waals surface area contributed by atoms with Crippen molar-refractivity contribution in [3.8, 4) is 0 Å². The van der Waals surface area contributed by atoms with Gasteiger partial charge in [-0.15, -0.1) is 10.2 Å². The Morgan fingerprint density at radius 1 is 1.48 bits per heavy atom. The monoisotopic (exact) mass is 295 g/mol. The van der Waals surface area contributed by atoms with Gasteiger partial charge in [-0.1, -0.05) is 0 Å². The number of esters is 1. The summed E-state index contributed by atoms with van der Waals surface area (Å²) in [5.41, 5.74) is 0.663. The van der Waals surface area contributed by atoms with Gasteiger partial charge in [0.05, 0.1) is 30.5 Å². The van der Waals surface area contributed by atoms with E-state index in [2.05, 4.69) is 20.0 Å². The number of nitro groups is 1. The minimum absolute atomic E-state index is 0.0875. The first-order chi connectivity index (χ1) is 9.99. The van der Waals surface area contributed by atoms with E-state index in [0.29, 0.717) is 24.6 Å². The first-order valence-electron chi connectivity index (χ1n) is 6.06. The second-order valence-electron chi connectivity index (χ2n) is 4.22. The highest BCUT2D eigenvalue weighted by Gasteiger charge is 2.16. The number of methoxy groups -OCH3 is 1. The van der Waals surface area contributed by atoms with Crippen LogP contribution in [0.2, 0.25) is 0 Å². The molecule has 0 atom stereocenters. The van der Waals surface area contributed by atoms with Gasteiger partial charge in [-0.05, 0) is 11.8 Å². The molecule has 0 fully saturated rings. The van der Waals surface area contributed by atoms with E-state index in [4.69, 9.17) is 4.42 Å². The van der Waals surface area contributed by atoms with Gasteiger partial charge in [0.2, 0.25) is 11.8 Å². The summed E-state index contributed by atoms with van der Waals surface area (Å²) in [7, 11) is 1.27. The highest BCUT2D eigenvalue weighted by atomic mass is 16.6. The molecule has 0 aromatic carbocycles. The van der Waals surface area contributed by atoms with Crippen molar-refractivity contribution < 1.29 is 18.9 Å². The largest absolute Gasteiger partial charge is 0.469 e. The summed E-state index contributed by atoms with van der Waals surface area (Å²) in [6, 6.07) is 1.39. The zero-order valence-electron chi connectivity index (χ0n) is 11.5. The number of hydrogen-bond donors (Lipinski definition) is 0. The van der Waals surface area contributed by atoms with E-state index in [1.165, 1.54) is 17.9 Å². The quantitative estimate of drug-likeness (QED) is 0.427. The predicted molar refractivity (Wildman–Crippen MR) is 67.3 cm³/mol. The Morgan fingerprint density at radius 3 is 2.81 bits per heavy atom. The molecule has 0 aliphatic rings. The topological polar surface area (TPSA) is 126 Å². The zero-order valence-corrected chi connectivity index (χ0v) is 11.5. The predicted octanol–water partition coefficient (Wildman–Crippen LogP) is 0.441. The van der Waals surface area contributed by atoms with Crippen LogP contribution in [-0.4, -0.2) is 38.0 Å². The maximum Gasteiger partial charge on any atom is 0.390 e. The van der Waals surface area contributed by atoms with E-state index < -0.39 is 10.9 Å². The van der Waals surface area contributed by atoms with Gasteiger partial charge in [0, 0.05) is 6.42 Å². The number of aromatic nitrogens is 4. The fourth-order valence-electron chi connectivity index (χ4n) is 1.67. The van der Waals surface area contributed by atoms with Crippen LogP contribution in [0.5, 0.6) is 0 Å². The third-order valence-electron chi connectivity index (χ3n) is 2.72. The van der Waals surface area contributed by atoms with Gasteiger partial charge < -0.3 is 19.3 Å². The molecule has 0 bridgehead atoms. The molecule has 2 aromatic heterocycles. The zero-order chi connectivity index (χ0) is 15.4. The average Bonchev–Trinajstić information content (AvgIpc) is 3.03. The Balaban J connectivity index is 1.97. The highest BCUT2D eigenvalue weighted by Crippen LogP contribution is 2.12. The maximum absolute atomic E-state index is 11.1. The van der Waals surface area contributed by atoms with Gasteiger partial charge in [0.1, 0.15) is 6.42 Å². The molecule has 0 radical (unpaired) electrons. The van der Waals surface area contributed by atoms with Crippen molar-refractivity contribution in [2.24, 2.45) is 0 Å². The van der Waals surface area contributed by atoms with Gasteiger partial charge in [-0.25, -0.2) is 0 Å². The second kappa shape index (κ2) is 6.11. The molecule has 0 aliphatic heterocycles. The Hall–Kier alpha value is -2.78. The number of carbonyl (C=O) groups is 1. The highest BCUT2D eigenvalue weighted by molar-refractivity contribution is 5.70. The van der Waals surface area contributed by atoms with Crippen molar-refractivity contribution in [2.75, 3.05) is 7.11 Å². The summed E-state index contributed by atoms with van der Waals surface area (Å²) in [6.07, 6.45) is 0.267. The molecule has 21 heavy (non-hydrogen) atoms. The van der Waals surface area contributed by atoms with Crippen molar-refractivity contribution in [2.45, 2.75) is 26.3 Å². The molecule has 0 N–H and O–H groups in total. The number of carbonyl (C=O) groups excluding carboxylic acids is 1. The van der Waals surface area contributed by atoms with Crippen LogP contribution < -0.4 is 0 Å². The molecular weight excluding hydrogens is 282 g/mol. The first kappa shape index (κ1) is 14.6. The lowest BCUT2D eigenvalue weighted by Gasteiger charge is -1.96. The summed E-state index contributed by atoms with van der Waals surface area (Å²) in [5.74, 6) is -0.181. The normalized spacial score (nSPS) is 10.6. The van der Waals surface area contributed by atoms with E-state index in [9.17, 15) is 14.9 Å². The van der Waals surface area contributed by atoms with Crippen molar-refractivity contribution in [3.05, 3.63) is 33.7 Å². The van der Waals surface area contributed by atoms with Gasteiger partial charge in [0.15, 0.2) is 0 Å². The number of hydrogen-bond acceptors (Lipinski definition) is 8. The Bertz CT molecular complexity index is 662. The number of ether oxygens (including phenoxy) is 1. The van der Waals surface area contributed by atoms with Crippen LogP contribution in [0.4, 0.5) is 5.82 Å². The Labute approximate surface area is 118 Å². The van der Waals surface area contributed by atoms with Crippen LogP contribution in [0.25, 0.3) is 0 Å². The van der Waals surface area contributed by atoms with E-state index in [0.717, 1.165) is 0 Å². The van der Waals surface area contributed by atoms with Crippen LogP contribution in [0.1, 0.15) is 17.5 Å². The third kappa shape index (κ3) is 3.61. The minimum atomic E-state index is -0.551. The molecule has 2 rings (SSSR count). The van der Waals surface area contributed by atoms with Crippen LogP contribution in [0.15, 0.2) is 10.5 Å². The van der Waals surface area contributed by atoms with E-state index in [-0.39, 0.29) is 18.1 Å². The van der Waals surface area contributed by atoms with Gasteiger partial charge in [-0.2, -0.15) is 4.68 Å².